The molecule has 0 unspecified atom stereocenters. The zero-order valence-corrected chi connectivity index (χ0v) is 15.9. The Labute approximate surface area is 164 Å². The number of hydrogen-bond acceptors (Lipinski definition) is 8. The third-order valence-electron chi connectivity index (χ3n) is 3.92. The van der Waals surface area contributed by atoms with Gasteiger partial charge in [0.25, 0.3) is 11.4 Å². The molecule has 10 nitrogen and oxygen atoms in total. The molecule has 0 aliphatic heterocycles. The number of carbonyl (C=O) groups is 1. The van der Waals surface area contributed by atoms with Crippen LogP contribution >= 0.6 is 11.6 Å². The number of nitro groups is 2. The summed E-state index contributed by atoms with van der Waals surface area (Å²) in [5, 5.41) is 23.1. The molecule has 0 aliphatic rings. The Morgan fingerprint density at radius 1 is 1.14 bits per heavy atom. The van der Waals surface area contributed by atoms with Crippen molar-refractivity contribution >= 4 is 34.6 Å². The maximum absolute atomic E-state index is 12.2. The number of non-ortho nitro benzene ring substituents is 1. The number of nitro benzene ring substituents is 2. The molecule has 0 atom stereocenters. The van der Waals surface area contributed by atoms with E-state index in [0.29, 0.717) is 16.3 Å². The lowest BCUT2D eigenvalue weighted by molar-refractivity contribution is -0.393. The lowest BCUT2D eigenvalue weighted by atomic mass is 10.1. The first-order valence-corrected chi connectivity index (χ1v) is 8.16. The molecule has 0 fully saturated rings. The Balaban J connectivity index is 2.65. The van der Waals surface area contributed by atoms with E-state index in [1.54, 1.807) is 18.2 Å². The van der Waals surface area contributed by atoms with Crippen LogP contribution in [0.2, 0.25) is 5.02 Å². The molecule has 0 saturated carbocycles. The molecule has 0 aromatic heterocycles. The fourth-order valence-corrected chi connectivity index (χ4v) is 2.92. The van der Waals surface area contributed by atoms with Crippen molar-refractivity contribution < 1.29 is 24.1 Å². The third kappa shape index (κ3) is 4.29. The molecule has 0 bridgehead atoms. The van der Waals surface area contributed by atoms with Gasteiger partial charge >= 0.3 is 5.97 Å². The van der Waals surface area contributed by atoms with Crippen LogP contribution < -0.4 is 9.64 Å². The molecule has 2 aromatic carbocycles. The number of hydrogen-bond donors (Lipinski definition) is 0. The van der Waals surface area contributed by atoms with E-state index in [4.69, 9.17) is 16.3 Å². The van der Waals surface area contributed by atoms with Crippen molar-refractivity contribution in [2.75, 3.05) is 26.2 Å². The normalized spacial score (nSPS) is 10.3. The molecule has 0 aliphatic carbocycles. The third-order valence-corrected chi connectivity index (χ3v) is 4.15. The van der Waals surface area contributed by atoms with Crippen molar-refractivity contribution in [3.8, 4) is 5.75 Å². The minimum atomic E-state index is -0.938. The van der Waals surface area contributed by atoms with Gasteiger partial charge in [0.1, 0.15) is 11.4 Å². The SMILES string of the molecule is COC(=O)c1cc([N+](=O)[O-])cc([N+](=O)[O-])c1N(C)Cc1cc(Cl)ccc1OC. The Bertz CT molecular complexity index is 949. The summed E-state index contributed by atoms with van der Waals surface area (Å²) in [5.41, 5.74) is -1.01. The summed E-state index contributed by atoms with van der Waals surface area (Å²) in [6.07, 6.45) is 0. The largest absolute Gasteiger partial charge is 0.496 e. The topological polar surface area (TPSA) is 125 Å². The van der Waals surface area contributed by atoms with Gasteiger partial charge in [0.2, 0.25) is 0 Å². The van der Waals surface area contributed by atoms with E-state index in [9.17, 15) is 25.0 Å². The van der Waals surface area contributed by atoms with Gasteiger partial charge in [-0.05, 0) is 18.2 Å². The monoisotopic (exact) mass is 409 g/mol. The van der Waals surface area contributed by atoms with Gasteiger partial charge in [-0.15, -0.1) is 0 Å². The van der Waals surface area contributed by atoms with E-state index >= 15 is 0 Å². The summed E-state index contributed by atoms with van der Waals surface area (Å²) < 4.78 is 9.92. The summed E-state index contributed by atoms with van der Waals surface area (Å²) in [6.45, 7) is 0.0758. The highest BCUT2D eigenvalue weighted by molar-refractivity contribution is 6.30. The van der Waals surface area contributed by atoms with Crippen molar-refractivity contribution in [3.05, 3.63) is 66.7 Å². The molecule has 0 heterocycles. The Hall–Kier alpha value is -3.40. The predicted molar refractivity (Wildman–Crippen MR) is 101 cm³/mol. The average molecular weight is 410 g/mol. The summed E-state index contributed by atoms with van der Waals surface area (Å²) in [4.78, 5) is 34.6. The van der Waals surface area contributed by atoms with Crippen molar-refractivity contribution in [2.24, 2.45) is 0 Å². The van der Waals surface area contributed by atoms with Crippen LogP contribution in [0.4, 0.5) is 17.1 Å². The molecule has 0 spiro atoms. The Kier molecular flexibility index (Phi) is 6.37. The Morgan fingerprint density at radius 2 is 1.82 bits per heavy atom. The van der Waals surface area contributed by atoms with Crippen LogP contribution in [0.3, 0.4) is 0 Å². The van der Waals surface area contributed by atoms with E-state index in [-0.39, 0.29) is 17.8 Å². The molecule has 28 heavy (non-hydrogen) atoms. The fraction of sp³-hybridized carbons (Fsp3) is 0.235. The second-order valence-electron chi connectivity index (χ2n) is 5.68. The second-order valence-corrected chi connectivity index (χ2v) is 6.12. The summed E-state index contributed by atoms with van der Waals surface area (Å²) in [5.74, 6) is -0.452. The van der Waals surface area contributed by atoms with Gasteiger partial charge in [-0.3, -0.25) is 20.2 Å². The van der Waals surface area contributed by atoms with Gasteiger partial charge in [0.05, 0.1) is 35.7 Å². The number of nitrogens with zero attached hydrogens (tertiary/aromatic N) is 3. The van der Waals surface area contributed by atoms with Crippen LogP contribution in [0, 0.1) is 20.2 Å². The van der Waals surface area contributed by atoms with E-state index in [1.165, 1.54) is 19.1 Å². The van der Waals surface area contributed by atoms with Crippen molar-refractivity contribution in [2.45, 2.75) is 6.54 Å². The quantitative estimate of drug-likeness (QED) is 0.386. The van der Waals surface area contributed by atoms with E-state index in [2.05, 4.69) is 4.74 Å². The van der Waals surface area contributed by atoms with Crippen molar-refractivity contribution in [1.82, 2.24) is 0 Å². The second kappa shape index (κ2) is 8.53. The summed E-state index contributed by atoms with van der Waals surface area (Å²) >= 11 is 6.01. The van der Waals surface area contributed by atoms with Crippen LogP contribution in [0.25, 0.3) is 0 Å². The summed E-state index contributed by atoms with van der Waals surface area (Å²) in [7, 11) is 4.04. The van der Waals surface area contributed by atoms with Crippen LogP contribution in [0.1, 0.15) is 15.9 Å². The molecule has 0 radical (unpaired) electrons. The zero-order chi connectivity index (χ0) is 21.0. The number of rotatable bonds is 7. The Morgan fingerprint density at radius 3 is 2.36 bits per heavy atom. The molecular weight excluding hydrogens is 394 g/mol. The molecule has 2 aromatic rings. The highest BCUT2D eigenvalue weighted by Gasteiger charge is 2.30. The zero-order valence-electron chi connectivity index (χ0n) is 15.2. The first-order chi connectivity index (χ1) is 13.2. The molecule has 0 saturated heterocycles. The standard InChI is InChI=1S/C17H16ClN3O7/c1-19(9-10-6-11(18)4-5-15(10)27-2)16-13(17(22)28-3)7-12(20(23)24)8-14(16)21(25)26/h4-8H,9H2,1-3H3. The number of anilines is 1. The van der Waals surface area contributed by atoms with Crippen molar-refractivity contribution in [3.63, 3.8) is 0 Å². The van der Waals surface area contributed by atoms with E-state index < -0.39 is 27.2 Å². The number of ether oxygens (including phenoxy) is 2. The summed E-state index contributed by atoms with van der Waals surface area (Å²) in [6, 6.07) is 6.62. The smallest absolute Gasteiger partial charge is 0.340 e. The van der Waals surface area contributed by atoms with E-state index in [1.807, 2.05) is 0 Å². The molecule has 148 valence electrons. The van der Waals surface area contributed by atoms with Crippen LogP contribution in [0.5, 0.6) is 5.75 Å². The van der Waals surface area contributed by atoms with E-state index in [0.717, 1.165) is 19.2 Å². The highest BCUT2D eigenvalue weighted by atomic mass is 35.5. The minimum absolute atomic E-state index is 0.0758. The first-order valence-electron chi connectivity index (χ1n) is 7.78. The average Bonchev–Trinajstić information content (AvgIpc) is 2.66. The van der Waals surface area contributed by atoms with Crippen LogP contribution in [0.15, 0.2) is 30.3 Å². The van der Waals surface area contributed by atoms with Gasteiger partial charge < -0.3 is 14.4 Å². The maximum Gasteiger partial charge on any atom is 0.340 e. The van der Waals surface area contributed by atoms with Crippen LogP contribution in [-0.4, -0.2) is 37.1 Å². The number of methoxy groups -OCH3 is 2. The number of carbonyl (C=O) groups excluding carboxylic acids is 1. The predicted octanol–water partition coefficient (Wildman–Crippen LogP) is 3.59. The lowest BCUT2D eigenvalue weighted by Gasteiger charge is -2.22. The van der Waals surface area contributed by atoms with Gasteiger partial charge in [-0.25, -0.2) is 4.79 Å². The molecule has 0 amide bonds. The first kappa shape index (κ1) is 20.9. The van der Waals surface area contributed by atoms with Gasteiger partial charge in [0, 0.05) is 30.2 Å². The van der Waals surface area contributed by atoms with Crippen molar-refractivity contribution in [1.29, 1.82) is 0 Å². The minimum Gasteiger partial charge on any atom is -0.496 e. The molecule has 2 rings (SSSR count). The maximum atomic E-state index is 12.2. The molecule has 0 N–H and O–H groups in total. The lowest BCUT2D eigenvalue weighted by Crippen LogP contribution is -2.22. The number of esters is 1. The highest BCUT2D eigenvalue weighted by Crippen LogP contribution is 2.37. The number of halogens is 1. The van der Waals surface area contributed by atoms with Gasteiger partial charge in [0.15, 0.2) is 0 Å². The fourth-order valence-electron chi connectivity index (χ4n) is 2.72. The van der Waals surface area contributed by atoms with Crippen LogP contribution in [-0.2, 0) is 11.3 Å². The number of benzene rings is 2. The van der Waals surface area contributed by atoms with Gasteiger partial charge in [-0.2, -0.15) is 0 Å². The molecule has 11 heteroatoms. The molecular formula is C17H16ClN3O7. The van der Waals surface area contributed by atoms with Gasteiger partial charge in [-0.1, -0.05) is 11.6 Å².